The summed E-state index contributed by atoms with van der Waals surface area (Å²) in [6.07, 6.45) is 1.85. The Morgan fingerprint density at radius 1 is 1.22 bits per heavy atom. The Bertz CT molecular complexity index is 830. The second-order valence-corrected chi connectivity index (χ2v) is 5.83. The number of halogens is 1. The number of nitrogens with zero attached hydrogens (tertiary/aromatic N) is 2. The predicted molar refractivity (Wildman–Crippen MR) is 94.6 cm³/mol. The van der Waals surface area contributed by atoms with Crippen LogP contribution in [0.15, 0.2) is 48.7 Å². The third-order valence-corrected chi connectivity index (χ3v) is 4.29. The van der Waals surface area contributed by atoms with Gasteiger partial charge in [0.05, 0.1) is 6.61 Å². The van der Waals surface area contributed by atoms with Crippen LogP contribution in [-0.4, -0.2) is 22.0 Å². The summed E-state index contributed by atoms with van der Waals surface area (Å²) in [6.45, 7) is 2.54. The molecule has 0 N–H and O–H groups in total. The maximum absolute atomic E-state index is 12.0. The standard InChI is InChI=1S/C17H15IN2O3/c1-2-22-17(21)14-15(18)20-10-6-9-13(16(20)19-14)23-11-12-7-4-3-5-8-12/h3-10H,2,11H2,1H3. The van der Waals surface area contributed by atoms with Crippen molar-refractivity contribution in [3.8, 4) is 5.75 Å². The fraction of sp³-hybridized carbons (Fsp3) is 0.176. The lowest BCUT2D eigenvalue weighted by Gasteiger charge is -2.07. The van der Waals surface area contributed by atoms with Gasteiger partial charge < -0.3 is 9.47 Å². The van der Waals surface area contributed by atoms with Crippen LogP contribution in [0, 0.1) is 3.70 Å². The lowest BCUT2D eigenvalue weighted by atomic mass is 10.2. The van der Waals surface area contributed by atoms with Crippen LogP contribution in [0.1, 0.15) is 23.0 Å². The molecule has 0 fully saturated rings. The second-order valence-electron chi connectivity index (χ2n) is 4.81. The van der Waals surface area contributed by atoms with Gasteiger partial charge in [0.25, 0.3) is 0 Å². The van der Waals surface area contributed by atoms with Gasteiger partial charge in [0.1, 0.15) is 10.3 Å². The van der Waals surface area contributed by atoms with Crippen LogP contribution < -0.4 is 4.74 Å². The Hall–Kier alpha value is -2.09. The molecule has 118 valence electrons. The molecule has 2 heterocycles. The Morgan fingerprint density at radius 3 is 2.74 bits per heavy atom. The highest BCUT2D eigenvalue weighted by atomic mass is 127. The lowest BCUT2D eigenvalue weighted by Crippen LogP contribution is -2.06. The minimum atomic E-state index is -0.422. The lowest BCUT2D eigenvalue weighted by molar-refractivity contribution is 0.0519. The number of ether oxygens (including phenoxy) is 2. The molecular weight excluding hydrogens is 407 g/mol. The Labute approximate surface area is 147 Å². The molecule has 0 radical (unpaired) electrons. The maximum atomic E-state index is 12.0. The van der Waals surface area contributed by atoms with E-state index in [2.05, 4.69) is 27.6 Å². The summed E-state index contributed by atoms with van der Waals surface area (Å²) in [5.74, 6) is 0.208. The number of imidazole rings is 1. The largest absolute Gasteiger partial charge is 0.485 e. The van der Waals surface area contributed by atoms with Crippen molar-refractivity contribution in [1.82, 2.24) is 9.38 Å². The topological polar surface area (TPSA) is 52.8 Å². The molecule has 1 aromatic carbocycles. The molecule has 3 aromatic rings. The van der Waals surface area contributed by atoms with Crippen LogP contribution in [0.3, 0.4) is 0 Å². The molecule has 0 spiro atoms. The van der Waals surface area contributed by atoms with Gasteiger partial charge in [-0.05, 0) is 47.2 Å². The van der Waals surface area contributed by atoms with Gasteiger partial charge in [-0.25, -0.2) is 9.78 Å². The summed E-state index contributed by atoms with van der Waals surface area (Å²) in [5.41, 5.74) is 1.99. The zero-order valence-electron chi connectivity index (χ0n) is 12.5. The van der Waals surface area contributed by atoms with Gasteiger partial charge in [-0.15, -0.1) is 0 Å². The van der Waals surface area contributed by atoms with Gasteiger partial charge in [0.15, 0.2) is 17.1 Å². The van der Waals surface area contributed by atoms with Gasteiger partial charge >= 0.3 is 5.97 Å². The molecule has 0 atom stereocenters. The van der Waals surface area contributed by atoms with Crippen molar-refractivity contribution in [3.05, 3.63) is 63.6 Å². The van der Waals surface area contributed by atoms with Gasteiger partial charge in [-0.3, -0.25) is 4.40 Å². The normalized spacial score (nSPS) is 10.7. The average molecular weight is 422 g/mol. The fourth-order valence-corrected chi connectivity index (χ4v) is 2.92. The van der Waals surface area contributed by atoms with Crippen LogP contribution in [0.25, 0.3) is 5.65 Å². The number of pyridine rings is 1. The van der Waals surface area contributed by atoms with Crippen molar-refractivity contribution in [3.63, 3.8) is 0 Å². The maximum Gasteiger partial charge on any atom is 0.359 e. The van der Waals surface area contributed by atoms with E-state index in [1.165, 1.54) is 0 Å². The molecule has 0 saturated carbocycles. The molecule has 2 aromatic heterocycles. The van der Waals surface area contributed by atoms with Gasteiger partial charge in [-0.1, -0.05) is 30.3 Å². The number of esters is 1. The molecule has 23 heavy (non-hydrogen) atoms. The third kappa shape index (κ3) is 3.31. The van der Waals surface area contributed by atoms with Gasteiger partial charge in [0.2, 0.25) is 0 Å². The first-order chi connectivity index (χ1) is 11.2. The van der Waals surface area contributed by atoms with Crippen molar-refractivity contribution in [2.24, 2.45) is 0 Å². The van der Waals surface area contributed by atoms with Crippen LogP contribution in [0.2, 0.25) is 0 Å². The van der Waals surface area contributed by atoms with E-state index in [1.54, 1.807) is 6.92 Å². The number of carbonyl (C=O) groups is 1. The highest BCUT2D eigenvalue weighted by Gasteiger charge is 2.20. The molecule has 0 aliphatic heterocycles. The van der Waals surface area contributed by atoms with E-state index in [9.17, 15) is 4.79 Å². The molecule has 0 bridgehead atoms. The Morgan fingerprint density at radius 2 is 2.00 bits per heavy atom. The molecule has 0 amide bonds. The predicted octanol–water partition coefficient (Wildman–Crippen LogP) is 3.69. The first-order valence-corrected chi connectivity index (χ1v) is 8.29. The zero-order chi connectivity index (χ0) is 16.2. The highest BCUT2D eigenvalue weighted by molar-refractivity contribution is 14.1. The number of aromatic nitrogens is 2. The number of hydrogen-bond acceptors (Lipinski definition) is 4. The zero-order valence-corrected chi connectivity index (χ0v) is 14.7. The van der Waals surface area contributed by atoms with E-state index >= 15 is 0 Å². The van der Waals surface area contributed by atoms with Gasteiger partial charge in [-0.2, -0.15) is 0 Å². The van der Waals surface area contributed by atoms with Crippen molar-refractivity contribution in [1.29, 1.82) is 0 Å². The number of carbonyl (C=O) groups excluding carboxylic acids is 1. The fourth-order valence-electron chi connectivity index (χ4n) is 2.19. The molecular formula is C17H15IN2O3. The quantitative estimate of drug-likeness (QED) is 0.465. The summed E-state index contributed by atoms with van der Waals surface area (Å²) in [7, 11) is 0. The first-order valence-electron chi connectivity index (χ1n) is 7.21. The van der Waals surface area contributed by atoms with Crippen LogP contribution in [0.5, 0.6) is 5.75 Å². The van der Waals surface area contributed by atoms with E-state index in [0.29, 0.717) is 34.0 Å². The summed E-state index contributed by atoms with van der Waals surface area (Å²) in [5, 5.41) is 0. The summed E-state index contributed by atoms with van der Waals surface area (Å²) in [4.78, 5) is 16.4. The van der Waals surface area contributed by atoms with Crippen molar-refractivity contribution in [2.45, 2.75) is 13.5 Å². The Kier molecular flexibility index (Phi) is 4.80. The SMILES string of the molecule is CCOC(=O)c1nc2c(OCc3ccccc3)cccn2c1I. The molecule has 0 aliphatic rings. The number of hydrogen-bond donors (Lipinski definition) is 0. The van der Waals surface area contributed by atoms with E-state index in [1.807, 2.05) is 53.1 Å². The van der Waals surface area contributed by atoms with Crippen molar-refractivity contribution < 1.29 is 14.3 Å². The summed E-state index contributed by atoms with van der Waals surface area (Å²) in [6, 6.07) is 13.6. The summed E-state index contributed by atoms with van der Waals surface area (Å²) < 4.78 is 13.5. The average Bonchev–Trinajstić information content (AvgIpc) is 2.92. The summed E-state index contributed by atoms with van der Waals surface area (Å²) >= 11 is 2.09. The molecule has 3 rings (SSSR count). The van der Waals surface area contributed by atoms with Crippen LogP contribution in [-0.2, 0) is 11.3 Å². The van der Waals surface area contributed by atoms with E-state index in [0.717, 1.165) is 5.56 Å². The van der Waals surface area contributed by atoms with E-state index in [4.69, 9.17) is 9.47 Å². The number of fused-ring (bicyclic) bond motifs is 1. The van der Waals surface area contributed by atoms with Crippen LogP contribution in [0.4, 0.5) is 0 Å². The molecule has 0 unspecified atom stereocenters. The number of benzene rings is 1. The van der Waals surface area contributed by atoms with Gasteiger partial charge in [0, 0.05) is 6.20 Å². The minimum absolute atomic E-state index is 0.309. The van der Waals surface area contributed by atoms with E-state index < -0.39 is 5.97 Å². The van der Waals surface area contributed by atoms with E-state index in [-0.39, 0.29) is 0 Å². The first kappa shape index (κ1) is 15.8. The Balaban J connectivity index is 1.92. The van der Waals surface area contributed by atoms with Crippen LogP contribution >= 0.6 is 22.6 Å². The van der Waals surface area contributed by atoms with Crippen molar-refractivity contribution >= 4 is 34.2 Å². The van der Waals surface area contributed by atoms with Crippen molar-refractivity contribution in [2.75, 3.05) is 6.61 Å². The molecule has 0 saturated heterocycles. The molecule has 6 heteroatoms. The highest BCUT2D eigenvalue weighted by Crippen LogP contribution is 2.24. The number of rotatable bonds is 5. The smallest absolute Gasteiger partial charge is 0.359 e. The molecule has 5 nitrogen and oxygen atoms in total. The third-order valence-electron chi connectivity index (χ3n) is 3.26. The second kappa shape index (κ2) is 6.99. The monoisotopic (exact) mass is 422 g/mol. The minimum Gasteiger partial charge on any atom is -0.485 e. The molecule has 0 aliphatic carbocycles.